The molecule has 1 aromatic heterocycles. The van der Waals surface area contributed by atoms with Gasteiger partial charge in [0.15, 0.2) is 0 Å². The molecular weight excluding hydrogens is 255 g/mol. The average Bonchev–Trinajstić information content (AvgIpc) is 2.65. The molecule has 0 saturated carbocycles. The van der Waals surface area contributed by atoms with Crippen molar-refractivity contribution in [2.45, 2.75) is 38.5 Å². The lowest BCUT2D eigenvalue weighted by atomic mass is 10.1. The van der Waals surface area contributed by atoms with Crippen LogP contribution in [0.4, 0.5) is 13.2 Å². The van der Waals surface area contributed by atoms with E-state index >= 15 is 0 Å². The molecular formula is C13H16F3N3. The third-order valence-corrected chi connectivity index (χ3v) is 3.26. The number of nitrogens with zero attached hydrogens (tertiary/aromatic N) is 2. The van der Waals surface area contributed by atoms with Gasteiger partial charge < -0.3 is 10.3 Å². The first-order valence-electron chi connectivity index (χ1n) is 6.12. The van der Waals surface area contributed by atoms with Crippen molar-refractivity contribution < 1.29 is 13.2 Å². The van der Waals surface area contributed by atoms with Crippen molar-refractivity contribution in [1.29, 1.82) is 0 Å². The molecule has 0 aliphatic rings. The van der Waals surface area contributed by atoms with Gasteiger partial charge in [-0.1, -0.05) is 19.1 Å². The molecule has 2 unspecified atom stereocenters. The highest BCUT2D eigenvalue weighted by Crippen LogP contribution is 2.36. The molecule has 0 amide bonds. The summed E-state index contributed by atoms with van der Waals surface area (Å²) in [6.45, 7) is 3.22. The lowest BCUT2D eigenvalue weighted by molar-refractivity contribution is -0.172. The molecule has 0 bridgehead atoms. The van der Waals surface area contributed by atoms with Crippen LogP contribution >= 0.6 is 0 Å². The summed E-state index contributed by atoms with van der Waals surface area (Å²) in [6, 6.07) is 4.05. The minimum absolute atomic E-state index is 0.246. The zero-order valence-corrected chi connectivity index (χ0v) is 10.8. The Bertz CT molecular complexity index is 574. The van der Waals surface area contributed by atoms with Gasteiger partial charge in [-0.2, -0.15) is 13.2 Å². The lowest BCUT2D eigenvalue weighted by Crippen LogP contribution is -2.41. The first-order chi connectivity index (χ1) is 8.86. The third-order valence-electron chi connectivity index (χ3n) is 3.26. The number of aromatic nitrogens is 2. The van der Waals surface area contributed by atoms with Crippen molar-refractivity contribution in [3.8, 4) is 0 Å². The Hall–Kier alpha value is -1.56. The van der Waals surface area contributed by atoms with Gasteiger partial charge in [-0.25, -0.2) is 4.98 Å². The third kappa shape index (κ3) is 2.45. The number of fused-ring (bicyclic) bond motifs is 1. The number of nitrogens with two attached hydrogens (primary N) is 1. The van der Waals surface area contributed by atoms with Gasteiger partial charge in [0.05, 0.1) is 11.0 Å². The highest BCUT2D eigenvalue weighted by molar-refractivity contribution is 5.76. The maximum Gasteiger partial charge on any atom is 0.410 e. The van der Waals surface area contributed by atoms with Crippen molar-refractivity contribution in [3.05, 3.63) is 30.1 Å². The van der Waals surface area contributed by atoms with E-state index in [1.165, 1.54) is 4.57 Å². The highest BCUT2D eigenvalue weighted by atomic mass is 19.4. The summed E-state index contributed by atoms with van der Waals surface area (Å²) >= 11 is 0. The van der Waals surface area contributed by atoms with Gasteiger partial charge in [0.1, 0.15) is 11.9 Å². The lowest BCUT2D eigenvalue weighted by Gasteiger charge is -2.28. The summed E-state index contributed by atoms with van der Waals surface area (Å²) in [6.07, 6.45) is -4.15. The zero-order chi connectivity index (χ0) is 14.2. The van der Waals surface area contributed by atoms with Crippen molar-refractivity contribution >= 4 is 11.0 Å². The quantitative estimate of drug-likeness (QED) is 0.931. The van der Waals surface area contributed by atoms with Crippen LogP contribution in [0.2, 0.25) is 0 Å². The molecule has 0 aliphatic heterocycles. The number of imidazole rings is 1. The number of alkyl halides is 3. The van der Waals surface area contributed by atoms with Gasteiger partial charge >= 0.3 is 6.18 Å². The summed E-state index contributed by atoms with van der Waals surface area (Å²) in [7, 11) is 0. The summed E-state index contributed by atoms with van der Waals surface area (Å²) in [5, 5.41) is 0. The molecule has 2 atom stereocenters. The number of hydrogen-bond acceptors (Lipinski definition) is 2. The first kappa shape index (κ1) is 13.9. The minimum atomic E-state index is -4.40. The standard InChI is InChI=1S/C13H16F3N3/c1-3-9(17)12(13(14,15)16)19-8(2)18-10-6-4-5-7-11(10)19/h4-7,9,12H,3,17H2,1-2H3. The molecule has 0 radical (unpaired) electrons. The Morgan fingerprint density at radius 1 is 1.32 bits per heavy atom. The molecule has 104 valence electrons. The van der Waals surface area contributed by atoms with Crippen molar-refractivity contribution in [2.24, 2.45) is 5.73 Å². The van der Waals surface area contributed by atoms with Crippen LogP contribution < -0.4 is 5.73 Å². The Morgan fingerprint density at radius 3 is 2.53 bits per heavy atom. The molecule has 0 aliphatic carbocycles. The summed E-state index contributed by atoms with van der Waals surface area (Å²) < 4.78 is 41.1. The van der Waals surface area contributed by atoms with Gasteiger partial charge in [0, 0.05) is 6.04 Å². The highest BCUT2D eigenvalue weighted by Gasteiger charge is 2.45. The normalized spacial score (nSPS) is 15.7. The predicted molar refractivity (Wildman–Crippen MR) is 67.8 cm³/mol. The molecule has 2 aromatic rings. The van der Waals surface area contributed by atoms with Crippen molar-refractivity contribution in [3.63, 3.8) is 0 Å². The maximum absolute atomic E-state index is 13.3. The largest absolute Gasteiger partial charge is 0.410 e. The summed E-state index contributed by atoms with van der Waals surface area (Å²) in [4.78, 5) is 4.17. The van der Waals surface area contributed by atoms with E-state index in [4.69, 9.17) is 5.73 Å². The van der Waals surface area contributed by atoms with E-state index in [-0.39, 0.29) is 6.42 Å². The van der Waals surface area contributed by atoms with Gasteiger partial charge in [-0.05, 0) is 25.5 Å². The van der Waals surface area contributed by atoms with Gasteiger partial charge in [0.25, 0.3) is 0 Å². The van der Waals surface area contributed by atoms with Crippen LogP contribution in [0, 0.1) is 6.92 Å². The van der Waals surface area contributed by atoms with E-state index in [2.05, 4.69) is 4.98 Å². The molecule has 0 fully saturated rings. The van der Waals surface area contributed by atoms with E-state index in [1.54, 1.807) is 38.1 Å². The summed E-state index contributed by atoms with van der Waals surface area (Å²) in [5.41, 5.74) is 6.70. The molecule has 6 heteroatoms. The monoisotopic (exact) mass is 271 g/mol. The van der Waals surface area contributed by atoms with Crippen LogP contribution in [0.25, 0.3) is 11.0 Å². The van der Waals surface area contributed by atoms with Crippen molar-refractivity contribution in [1.82, 2.24) is 9.55 Å². The molecule has 0 spiro atoms. The molecule has 1 heterocycles. The van der Waals surface area contributed by atoms with E-state index in [9.17, 15) is 13.2 Å². The van der Waals surface area contributed by atoms with Crippen LogP contribution in [-0.2, 0) is 0 Å². The molecule has 1 aromatic carbocycles. The van der Waals surface area contributed by atoms with E-state index in [0.29, 0.717) is 16.9 Å². The second-order valence-corrected chi connectivity index (χ2v) is 4.58. The SMILES string of the molecule is CCC(N)C(n1c(C)nc2ccccc21)C(F)(F)F. The molecule has 19 heavy (non-hydrogen) atoms. The van der Waals surface area contributed by atoms with Gasteiger partial charge in [0.2, 0.25) is 0 Å². The van der Waals surface area contributed by atoms with Crippen LogP contribution in [0.15, 0.2) is 24.3 Å². The van der Waals surface area contributed by atoms with E-state index < -0.39 is 18.3 Å². The number of aryl methyl sites for hydroxylation is 1. The number of para-hydroxylation sites is 2. The maximum atomic E-state index is 13.3. The predicted octanol–water partition coefficient (Wildman–Crippen LogP) is 3.19. The van der Waals surface area contributed by atoms with Crippen LogP contribution in [0.5, 0.6) is 0 Å². The number of hydrogen-bond donors (Lipinski definition) is 1. The fourth-order valence-electron chi connectivity index (χ4n) is 2.32. The van der Waals surface area contributed by atoms with Crippen LogP contribution in [-0.4, -0.2) is 21.8 Å². The molecule has 2 N–H and O–H groups in total. The Balaban J connectivity index is 2.65. The number of halogens is 3. The topological polar surface area (TPSA) is 43.8 Å². The van der Waals surface area contributed by atoms with Crippen LogP contribution in [0.3, 0.4) is 0 Å². The Kier molecular flexibility index (Phi) is 3.54. The fourth-order valence-corrected chi connectivity index (χ4v) is 2.32. The smallest absolute Gasteiger partial charge is 0.326 e. The molecule has 2 rings (SSSR count). The zero-order valence-electron chi connectivity index (χ0n) is 10.8. The van der Waals surface area contributed by atoms with Crippen LogP contribution in [0.1, 0.15) is 25.2 Å². The van der Waals surface area contributed by atoms with Gasteiger partial charge in [-0.15, -0.1) is 0 Å². The summed E-state index contributed by atoms with van der Waals surface area (Å²) in [5.74, 6) is 0.326. The first-order valence-corrected chi connectivity index (χ1v) is 6.12. The molecule has 3 nitrogen and oxygen atoms in total. The Morgan fingerprint density at radius 2 is 1.95 bits per heavy atom. The van der Waals surface area contributed by atoms with E-state index in [1.807, 2.05) is 0 Å². The number of rotatable bonds is 3. The van der Waals surface area contributed by atoms with E-state index in [0.717, 1.165) is 0 Å². The Labute approximate surface area is 109 Å². The fraction of sp³-hybridized carbons (Fsp3) is 0.462. The second-order valence-electron chi connectivity index (χ2n) is 4.58. The van der Waals surface area contributed by atoms with Crippen molar-refractivity contribution in [2.75, 3.05) is 0 Å². The van der Waals surface area contributed by atoms with Gasteiger partial charge in [-0.3, -0.25) is 0 Å². The second kappa shape index (κ2) is 4.85. The molecule has 0 saturated heterocycles. The average molecular weight is 271 g/mol. The minimum Gasteiger partial charge on any atom is -0.326 e. The number of benzene rings is 1.